The molecule has 0 aliphatic heterocycles. The normalized spacial score (nSPS) is 25.9. The molecule has 1 saturated carbocycles. The molecular formula is C12H24O4. The minimum Gasteiger partial charge on any atom is -0.382 e. The van der Waals surface area contributed by atoms with Crippen molar-refractivity contribution in [3.63, 3.8) is 0 Å². The first-order valence-electron chi connectivity index (χ1n) is 6.09. The van der Waals surface area contributed by atoms with Crippen LogP contribution in [-0.2, 0) is 18.9 Å². The molecule has 0 saturated heterocycles. The van der Waals surface area contributed by atoms with E-state index in [1.807, 2.05) is 0 Å². The topological polar surface area (TPSA) is 36.9 Å². The Balaban J connectivity index is 2.20. The van der Waals surface area contributed by atoms with Gasteiger partial charge >= 0.3 is 0 Å². The molecule has 1 rings (SSSR count). The quantitative estimate of drug-likeness (QED) is 0.596. The van der Waals surface area contributed by atoms with E-state index in [0.29, 0.717) is 26.4 Å². The molecule has 0 bridgehead atoms. The van der Waals surface area contributed by atoms with Gasteiger partial charge in [-0.05, 0) is 12.8 Å². The van der Waals surface area contributed by atoms with Gasteiger partial charge in [-0.2, -0.15) is 0 Å². The first kappa shape index (κ1) is 13.9. The Bertz CT molecular complexity index is 145. The molecule has 4 nitrogen and oxygen atoms in total. The molecule has 1 aliphatic rings. The molecule has 16 heavy (non-hydrogen) atoms. The summed E-state index contributed by atoms with van der Waals surface area (Å²) in [6.45, 7) is 2.62. The van der Waals surface area contributed by atoms with Crippen LogP contribution in [-0.4, -0.2) is 52.9 Å². The smallest absolute Gasteiger partial charge is 0.0837 e. The van der Waals surface area contributed by atoms with E-state index in [0.717, 1.165) is 12.8 Å². The maximum atomic E-state index is 5.78. The summed E-state index contributed by atoms with van der Waals surface area (Å²) in [5, 5.41) is 0. The molecule has 0 aromatic rings. The minimum absolute atomic E-state index is 0.237. The molecule has 0 aromatic heterocycles. The fraction of sp³-hybridized carbons (Fsp3) is 1.00. The second-order valence-electron chi connectivity index (χ2n) is 4.09. The van der Waals surface area contributed by atoms with E-state index in [1.165, 1.54) is 12.8 Å². The summed E-state index contributed by atoms with van der Waals surface area (Å²) < 4.78 is 21.5. The standard InChI is InChI=1S/C12H24O4/c1-13-7-9-15-11-5-3-4-6-12(11)16-10-8-14-2/h11-12H,3-10H2,1-2H3/t11-,12-/m0/s1. The van der Waals surface area contributed by atoms with Gasteiger partial charge in [-0.25, -0.2) is 0 Å². The van der Waals surface area contributed by atoms with Gasteiger partial charge in [-0.15, -0.1) is 0 Å². The fourth-order valence-electron chi connectivity index (χ4n) is 2.01. The van der Waals surface area contributed by atoms with E-state index in [9.17, 15) is 0 Å². The summed E-state index contributed by atoms with van der Waals surface area (Å²) in [6, 6.07) is 0. The lowest BCUT2D eigenvalue weighted by Crippen LogP contribution is -2.36. The van der Waals surface area contributed by atoms with Gasteiger partial charge in [0.15, 0.2) is 0 Å². The maximum Gasteiger partial charge on any atom is 0.0837 e. The largest absolute Gasteiger partial charge is 0.382 e. The van der Waals surface area contributed by atoms with E-state index < -0.39 is 0 Å². The van der Waals surface area contributed by atoms with Crippen LogP contribution in [0, 0.1) is 0 Å². The van der Waals surface area contributed by atoms with Crippen LogP contribution in [0.15, 0.2) is 0 Å². The molecule has 0 spiro atoms. The lowest BCUT2D eigenvalue weighted by molar-refractivity contribution is -0.106. The Morgan fingerprint density at radius 1 is 0.750 bits per heavy atom. The first-order valence-corrected chi connectivity index (χ1v) is 6.09. The highest BCUT2D eigenvalue weighted by atomic mass is 16.6. The van der Waals surface area contributed by atoms with Crippen molar-refractivity contribution in [3.8, 4) is 0 Å². The average Bonchev–Trinajstić information content (AvgIpc) is 2.32. The fourth-order valence-corrected chi connectivity index (χ4v) is 2.01. The van der Waals surface area contributed by atoms with Crippen LogP contribution in [0.5, 0.6) is 0 Å². The van der Waals surface area contributed by atoms with E-state index in [2.05, 4.69) is 0 Å². The summed E-state index contributed by atoms with van der Waals surface area (Å²) in [5.41, 5.74) is 0. The van der Waals surface area contributed by atoms with Crippen molar-refractivity contribution in [1.82, 2.24) is 0 Å². The van der Waals surface area contributed by atoms with Gasteiger partial charge < -0.3 is 18.9 Å². The van der Waals surface area contributed by atoms with Crippen molar-refractivity contribution in [1.29, 1.82) is 0 Å². The summed E-state index contributed by atoms with van der Waals surface area (Å²) in [7, 11) is 3.38. The summed E-state index contributed by atoms with van der Waals surface area (Å²) in [5.74, 6) is 0. The van der Waals surface area contributed by atoms with Crippen molar-refractivity contribution >= 4 is 0 Å². The van der Waals surface area contributed by atoms with E-state index in [1.54, 1.807) is 14.2 Å². The van der Waals surface area contributed by atoms with Crippen molar-refractivity contribution < 1.29 is 18.9 Å². The molecule has 0 N–H and O–H groups in total. The van der Waals surface area contributed by atoms with Crippen LogP contribution in [0.2, 0.25) is 0 Å². The second kappa shape index (κ2) is 8.93. The van der Waals surface area contributed by atoms with Crippen LogP contribution in [0.1, 0.15) is 25.7 Å². The average molecular weight is 232 g/mol. The maximum absolute atomic E-state index is 5.78. The highest BCUT2D eigenvalue weighted by molar-refractivity contribution is 4.76. The van der Waals surface area contributed by atoms with E-state index in [-0.39, 0.29) is 12.2 Å². The van der Waals surface area contributed by atoms with Gasteiger partial charge in [-0.3, -0.25) is 0 Å². The molecular weight excluding hydrogens is 208 g/mol. The Labute approximate surface area is 98.2 Å². The predicted molar refractivity (Wildman–Crippen MR) is 61.7 cm³/mol. The minimum atomic E-state index is 0.237. The van der Waals surface area contributed by atoms with E-state index >= 15 is 0 Å². The van der Waals surface area contributed by atoms with Crippen LogP contribution in [0.25, 0.3) is 0 Å². The first-order chi connectivity index (χ1) is 7.88. The lowest BCUT2D eigenvalue weighted by atomic mass is 9.94. The predicted octanol–water partition coefficient (Wildman–Crippen LogP) is 1.62. The zero-order valence-electron chi connectivity index (χ0n) is 10.4. The Hall–Kier alpha value is -0.160. The Morgan fingerprint density at radius 2 is 1.19 bits per heavy atom. The van der Waals surface area contributed by atoms with Crippen molar-refractivity contribution in [3.05, 3.63) is 0 Å². The van der Waals surface area contributed by atoms with Gasteiger partial charge in [0, 0.05) is 14.2 Å². The van der Waals surface area contributed by atoms with Crippen molar-refractivity contribution in [2.24, 2.45) is 0 Å². The molecule has 0 unspecified atom stereocenters. The molecule has 2 atom stereocenters. The molecule has 1 aliphatic carbocycles. The van der Waals surface area contributed by atoms with Crippen LogP contribution < -0.4 is 0 Å². The summed E-state index contributed by atoms with van der Waals surface area (Å²) >= 11 is 0. The number of methoxy groups -OCH3 is 2. The molecule has 0 amide bonds. The van der Waals surface area contributed by atoms with Crippen LogP contribution >= 0.6 is 0 Å². The van der Waals surface area contributed by atoms with E-state index in [4.69, 9.17) is 18.9 Å². The van der Waals surface area contributed by atoms with Gasteiger partial charge in [0.1, 0.15) is 0 Å². The molecule has 0 aromatic carbocycles. The molecule has 0 heterocycles. The highest BCUT2D eigenvalue weighted by Crippen LogP contribution is 2.23. The SMILES string of the molecule is COCCO[C@H]1CCCC[C@@H]1OCCOC. The number of hydrogen-bond donors (Lipinski definition) is 0. The molecule has 4 heteroatoms. The summed E-state index contributed by atoms with van der Waals surface area (Å²) in [6.07, 6.45) is 5.15. The zero-order chi connectivity index (χ0) is 11.6. The monoisotopic (exact) mass is 232 g/mol. The molecule has 96 valence electrons. The third-order valence-electron chi connectivity index (χ3n) is 2.88. The molecule has 1 fully saturated rings. The zero-order valence-corrected chi connectivity index (χ0v) is 10.4. The number of hydrogen-bond acceptors (Lipinski definition) is 4. The van der Waals surface area contributed by atoms with Gasteiger partial charge in [0.2, 0.25) is 0 Å². The van der Waals surface area contributed by atoms with Crippen LogP contribution in [0.4, 0.5) is 0 Å². The van der Waals surface area contributed by atoms with Gasteiger partial charge in [-0.1, -0.05) is 12.8 Å². The highest BCUT2D eigenvalue weighted by Gasteiger charge is 2.26. The third kappa shape index (κ3) is 5.25. The van der Waals surface area contributed by atoms with Crippen molar-refractivity contribution in [2.45, 2.75) is 37.9 Å². The summed E-state index contributed by atoms with van der Waals surface area (Å²) in [4.78, 5) is 0. The Kier molecular flexibility index (Phi) is 7.76. The number of ether oxygens (including phenoxy) is 4. The van der Waals surface area contributed by atoms with Crippen molar-refractivity contribution in [2.75, 3.05) is 40.6 Å². The Morgan fingerprint density at radius 3 is 1.56 bits per heavy atom. The number of rotatable bonds is 8. The molecule has 0 radical (unpaired) electrons. The van der Waals surface area contributed by atoms with Crippen LogP contribution in [0.3, 0.4) is 0 Å². The van der Waals surface area contributed by atoms with Gasteiger partial charge in [0.05, 0.1) is 38.6 Å². The second-order valence-corrected chi connectivity index (χ2v) is 4.09. The lowest BCUT2D eigenvalue weighted by Gasteiger charge is -2.31. The third-order valence-corrected chi connectivity index (χ3v) is 2.88. The van der Waals surface area contributed by atoms with Gasteiger partial charge in [0.25, 0.3) is 0 Å².